The average molecular weight is 336 g/mol. The van der Waals surface area contributed by atoms with E-state index in [4.69, 9.17) is 0 Å². The molecule has 24 heavy (non-hydrogen) atoms. The molecular weight excluding hydrogens is 298 g/mol. The zero-order valence-corrected chi connectivity index (χ0v) is 17.3. The highest BCUT2D eigenvalue weighted by atomic mass is 15.2. The number of rotatable bonds is 8. The van der Waals surface area contributed by atoms with Crippen molar-refractivity contribution in [3.63, 3.8) is 0 Å². The lowest BCUT2D eigenvalue weighted by atomic mass is 9.72. The van der Waals surface area contributed by atoms with Gasteiger partial charge in [-0.15, -0.1) is 0 Å². The molecule has 5 heteroatoms. The van der Waals surface area contributed by atoms with Crippen LogP contribution in [-0.2, 0) is 0 Å². The third-order valence-electron chi connectivity index (χ3n) is 6.57. The molecule has 0 amide bonds. The van der Waals surface area contributed by atoms with Gasteiger partial charge in [-0.2, -0.15) is 4.98 Å². The number of anilines is 2. The van der Waals surface area contributed by atoms with Gasteiger partial charge in [-0.25, -0.2) is 9.97 Å². The summed E-state index contributed by atoms with van der Waals surface area (Å²) in [5, 5.41) is 6.97. The lowest BCUT2D eigenvalue weighted by molar-refractivity contribution is 0.213. The summed E-state index contributed by atoms with van der Waals surface area (Å²) in [4.78, 5) is 13.2. The minimum absolute atomic E-state index is 0.122. The van der Waals surface area contributed by atoms with E-state index in [-0.39, 0.29) is 21.9 Å². The fourth-order valence-corrected chi connectivity index (χ4v) is 2.20. The van der Waals surface area contributed by atoms with E-state index in [0.717, 1.165) is 12.8 Å². The molecule has 0 aliphatic heterocycles. The molecule has 138 valence electrons. The van der Waals surface area contributed by atoms with Crippen LogP contribution in [0.3, 0.4) is 0 Å². The van der Waals surface area contributed by atoms with Crippen LogP contribution in [0.2, 0.25) is 0 Å². The maximum absolute atomic E-state index is 4.59. The maximum Gasteiger partial charge on any atom is 0.227 e. The van der Waals surface area contributed by atoms with Crippen LogP contribution in [0, 0.1) is 10.8 Å². The molecule has 0 aliphatic carbocycles. The largest absolute Gasteiger partial charge is 0.349 e. The van der Waals surface area contributed by atoms with Crippen molar-refractivity contribution < 1.29 is 0 Å². The first kappa shape index (κ1) is 20.7. The number of nitrogens with one attached hydrogen (secondary N) is 2. The fraction of sp³-hybridized carbons (Fsp3) is 0.842. The minimum Gasteiger partial charge on any atom is -0.349 e. The Morgan fingerprint density at radius 2 is 1.04 bits per heavy atom. The average Bonchev–Trinajstić information content (AvgIpc) is 2.46. The molecule has 0 aromatic carbocycles. The summed E-state index contributed by atoms with van der Waals surface area (Å²) in [6.45, 7) is 22.2. The van der Waals surface area contributed by atoms with Gasteiger partial charge in [-0.1, -0.05) is 41.5 Å². The number of nitrogens with zero attached hydrogens (tertiary/aromatic N) is 3. The van der Waals surface area contributed by atoms with Crippen molar-refractivity contribution in [2.45, 2.75) is 93.2 Å². The number of aromatic nitrogens is 3. The van der Waals surface area contributed by atoms with Crippen molar-refractivity contribution >= 4 is 11.9 Å². The highest BCUT2D eigenvalue weighted by Crippen LogP contribution is 2.37. The summed E-state index contributed by atoms with van der Waals surface area (Å²) in [5.41, 5.74) is -0.00937. The van der Waals surface area contributed by atoms with Crippen LogP contribution < -0.4 is 10.6 Å². The van der Waals surface area contributed by atoms with Crippen LogP contribution in [0.1, 0.15) is 82.1 Å². The summed E-state index contributed by atoms with van der Waals surface area (Å²) in [5.74, 6) is 1.23. The van der Waals surface area contributed by atoms with Gasteiger partial charge in [0.05, 0.1) is 0 Å². The van der Waals surface area contributed by atoms with Crippen molar-refractivity contribution in [2.75, 3.05) is 10.6 Å². The first-order valence-corrected chi connectivity index (χ1v) is 9.03. The van der Waals surface area contributed by atoms with E-state index in [9.17, 15) is 0 Å². The van der Waals surface area contributed by atoms with Gasteiger partial charge >= 0.3 is 0 Å². The molecular formula is C19H37N5. The quantitative estimate of drug-likeness (QED) is 0.690. The Kier molecular flexibility index (Phi) is 5.89. The first-order chi connectivity index (χ1) is 10.8. The van der Waals surface area contributed by atoms with E-state index in [2.05, 4.69) is 94.8 Å². The predicted molar refractivity (Wildman–Crippen MR) is 103 cm³/mol. The highest BCUT2D eigenvalue weighted by molar-refractivity contribution is 5.37. The van der Waals surface area contributed by atoms with Gasteiger partial charge in [-0.05, 0) is 51.4 Å². The van der Waals surface area contributed by atoms with Crippen molar-refractivity contribution in [1.82, 2.24) is 15.0 Å². The Balaban J connectivity index is 3.00. The molecule has 0 aliphatic rings. The van der Waals surface area contributed by atoms with Gasteiger partial charge in [0.15, 0.2) is 0 Å². The molecule has 0 atom stereocenters. The van der Waals surface area contributed by atoms with Crippen molar-refractivity contribution in [3.05, 3.63) is 6.33 Å². The van der Waals surface area contributed by atoms with Crippen LogP contribution in [-0.4, -0.2) is 26.0 Å². The zero-order chi connectivity index (χ0) is 18.8. The Morgan fingerprint density at radius 1 is 0.708 bits per heavy atom. The highest BCUT2D eigenvalue weighted by Gasteiger charge is 2.37. The molecule has 1 aromatic heterocycles. The van der Waals surface area contributed by atoms with Gasteiger partial charge < -0.3 is 10.6 Å². The van der Waals surface area contributed by atoms with Crippen molar-refractivity contribution in [3.8, 4) is 0 Å². The summed E-state index contributed by atoms with van der Waals surface area (Å²) in [6.07, 6.45) is 3.71. The second-order valence-electron chi connectivity index (χ2n) is 9.11. The van der Waals surface area contributed by atoms with Crippen LogP contribution in [0.25, 0.3) is 0 Å². The van der Waals surface area contributed by atoms with Gasteiger partial charge in [-0.3, -0.25) is 0 Å². The molecule has 5 nitrogen and oxygen atoms in total. The molecule has 0 fully saturated rings. The monoisotopic (exact) mass is 335 g/mol. The second-order valence-corrected chi connectivity index (χ2v) is 9.11. The summed E-state index contributed by atoms with van der Waals surface area (Å²) in [7, 11) is 0. The molecule has 0 radical (unpaired) electrons. The van der Waals surface area contributed by atoms with Crippen LogP contribution in [0.15, 0.2) is 6.33 Å². The first-order valence-electron chi connectivity index (χ1n) is 9.03. The summed E-state index contributed by atoms with van der Waals surface area (Å²) >= 11 is 0. The van der Waals surface area contributed by atoms with Crippen LogP contribution in [0.5, 0.6) is 0 Å². The third kappa shape index (κ3) is 4.37. The molecule has 1 heterocycles. The van der Waals surface area contributed by atoms with E-state index in [0.29, 0.717) is 11.9 Å². The van der Waals surface area contributed by atoms with Gasteiger partial charge in [0, 0.05) is 11.1 Å². The van der Waals surface area contributed by atoms with E-state index >= 15 is 0 Å². The van der Waals surface area contributed by atoms with Gasteiger partial charge in [0.25, 0.3) is 0 Å². The maximum atomic E-state index is 4.59. The molecule has 2 N–H and O–H groups in total. The van der Waals surface area contributed by atoms with E-state index in [1.807, 2.05) is 0 Å². The Bertz CT molecular complexity index is 501. The Hall–Kier alpha value is -1.39. The number of hydrogen-bond donors (Lipinski definition) is 2. The van der Waals surface area contributed by atoms with Gasteiger partial charge in [0.2, 0.25) is 11.9 Å². The zero-order valence-electron chi connectivity index (χ0n) is 17.3. The molecule has 1 aromatic rings. The molecule has 0 saturated heterocycles. The molecule has 0 unspecified atom stereocenters. The van der Waals surface area contributed by atoms with Crippen molar-refractivity contribution in [1.29, 1.82) is 0 Å². The number of hydrogen-bond acceptors (Lipinski definition) is 5. The molecule has 0 saturated carbocycles. The molecule has 0 bridgehead atoms. The van der Waals surface area contributed by atoms with Crippen LogP contribution in [0.4, 0.5) is 11.9 Å². The Labute approximate surface area is 148 Å². The lowest BCUT2D eigenvalue weighted by Gasteiger charge is -2.42. The molecule has 0 spiro atoms. The van der Waals surface area contributed by atoms with Crippen molar-refractivity contribution in [2.24, 2.45) is 10.8 Å². The Morgan fingerprint density at radius 3 is 1.33 bits per heavy atom. The predicted octanol–water partition coefficient (Wildman–Crippen LogP) is 5.13. The van der Waals surface area contributed by atoms with E-state index in [1.165, 1.54) is 0 Å². The minimum atomic E-state index is -0.126. The van der Waals surface area contributed by atoms with E-state index in [1.54, 1.807) is 6.33 Å². The standard InChI is InChI=1S/C19H37N5/c1-11-16(3,4)18(7,8)23-14-20-13-21-15(22-14)24-19(9,10)17(5,6)12-2/h13H,11-12H2,1-10H3,(H2,20,21,22,23,24). The topological polar surface area (TPSA) is 62.7 Å². The normalized spacial score (nSPS) is 13.8. The smallest absolute Gasteiger partial charge is 0.227 e. The summed E-state index contributed by atoms with van der Waals surface area (Å²) < 4.78 is 0. The fourth-order valence-electron chi connectivity index (χ4n) is 2.20. The molecule has 1 rings (SSSR count). The van der Waals surface area contributed by atoms with E-state index < -0.39 is 0 Å². The third-order valence-corrected chi connectivity index (χ3v) is 6.57. The van der Waals surface area contributed by atoms with Gasteiger partial charge in [0.1, 0.15) is 6.33 Å². The lowest BCUT2D eigenvalue weighted by Crippen LogP contribution is -2.47. The summed E-state index contributed by atoms with van der Waals surface area (Å²) in [6, 6.07) is 0. The second kappa shape index (κ2) is 6.85. The SMILES string of the molecule is CCC(C)(C)C(C)(C)Nc1ncnc(NC(C)(C)C(C)(C)CC)n1. The van der Waals surface area contributed by atoms with Crippen LogP contribution >= 0.6 is 0 Å².